The number of hydrogen-bond donors (Lipinski definition) is 1. The summed E-state index contributed by atoms with van der Waals surface area (Å²) in [5, 5.41) is 2.94. The van der Waals surface area contributed by atoms with E-state index in [1.807, 2.05) is 27.0 Å². The highest BCUT2D eigenvalue weighted by atomic mass is 16.2. The highest BCUT2D eigenvalue weighted by Gasteiger charge is 2.48. The summed E-state index contributed by atoms with van der Waals surface area (Å²) in [4.78, 5) is 25.5. The third-order valence-corrected chi connectivity index (χ3v) is 4.47. The first-order chi connectivity index (χ1) is 9.51. The standard InChI is InChI=1S/C14H21N5O/c1-10-8-11(2)17-13(16-10)19-6-4-14(5-7-19)12(20)15-9-18(14)3/h8H,4-7,9H2,1-3H3,(H,15,20). The molecule has 0 unspecified atom stereocenters. The van der Waals surface area contributed by atoms with E-state index >= 15 is 0 Å². The molecule has 0 atom stereocenters. The molecule has 2 aliphatic heterocycles. The third kappa shape index (κ3) is 2.04. The number of amides is 1. The number of nitrogens with one attached hydrogen (secondary N) is 1. The van der Waals surface area contributed by atoms with Crippen molar-refractivity contribution >= 4 is 11.9 Å². The number of carbonyl (C=O) groups is 1. The van der Waals surface area contributed by atoms with Gasteiger partial charge in [0.25, 0.3) is 0 Å². The van der Waals surface area contributed by atoms with Gasteiger partial charge < -0.3 is 10.2 Å². The molecule has 3 rings (SSSR count). The minimum atomic E-state index is -0.324. The van der Waals surface area contributed by atoms with E-state index in [2.05, 4.69) is 25.1 Å². The zero-order valence-electron chi connectivity index (χ0n) is 12.3. The number of carbonyl (C=O) groups excluding carboxylic acids is 1. The molecule has 0 aromatic carbocycles. The molecular formula is C14H21N5O. The lowest BCUT2D eigenvalue weighted by Crippen LogP contribution is -2.55. The second-order valence-electron chi connectivity index (χ2n) is 5.83. The number of likely N-dealkylation sites (N-methyl/N-ethyl adjacent to an activating group) is 1. The van der Waals surface area contributed by atoms with Gasteiger partial charge in [-0.05, 0) is 39.8 Å². The minimum absolute atomic E-state index is 0.168. The van der Waals surface area contributed by atoms with Gasteiger partial charge in [0.15, 0.2) is 0 Å². The Morgan fingerprint density at radius 2 is 1.80 bits per heavy atom. The molecule has 108 valence electrons. The fourth-order valence-corrected chi connectivity index (χ4v) is 3.21. The van der Waals surface area contributed by atoms with Gasteiger partial charge in [-0.15, -0.1) is 0 Å². The number of nitrogens with zero attached hydrogens (tertiary/aromatic N) is 4. The van der Waals surface area contributed by atoms with E-state index in [1.54, 1.807) is 0 Å². The summed E-state index contributed by atoms with van der Waals surface area (Å²) in [6.45, 7) is 6.27. The van der Waals surface area contributed by atoms with E-state index in [1.165, 1.54) is 0 Å². The summed E-state index contributed by atoms with van der Waals surface area (Å²) in [7, 11) is 2.01. The topological polar surface area (TPSA) is 61.4 Å². The Hall–Kier alpha value is -1.69. The van der Waals surface area contributed by atoms with Gasteiger partial charge >= 0.3 is 0 Å². The molecule has 0 radical (unpaired) electrons. The van der Waals surface area contributed by atoms with Gasteiger partial charge in [-0.3, -0.25) is 9.69 Å². The maximum atomic E-state index is 12.1. The second kappa shape index (κ2) is 4.70. The lowest BCUT2D eigenvalue weighted by atomic mass is 9.86. The Bertz CT molecular complexity index is 516. The normalized spacial score (nSPS) is 22.4. The van der Waals surface area contributed by atoms with Crippen molar-refractivity contribution in [3.8, 4) is 0 Å². The SMILES string of the molecule is Cc1cc(C)nc(N2CCC3(CC2)C(=O)NCN3C)n1. The molecule has 6 heteroatoms. The van der Waals surface area contributed by atoms with Gasteiger partial charge in [-0.1, -0.05) is 0 Å². The van der Waals surface area contributed by atoms with Gasteiger partial charge in [0.1, 0.15) is 5.54 Å². The molecule has 6 nitrogen and oxygen atoms in total. The van der Waals surface area contributed by atoms with E-state index < -0.39 is 0 Å². The van der Waals surface area contributed by atoms with Crippen LogP contribution in [0.15, 0.2) is 6.07 Å². The summed E-state index contributed by atoms with van der Waals surface area (Å²) in [6, 6.07) is 1.98. The number of piperidine rings is 1. The minimum Gasteiger partial charge on any atom is -0.342 e. The Morgan fingerprint density at radius 1 is 1.20 bits per heavy atom. The van der Waals surface area contributed by atoms with Crippen molar-refractivity contribution in [2.75, 3.05) is 31.7 Å². The average Bonchev–Trinajstić information content (AvgIpc) is 2.67. The third-order valence-electron chi connectivity index (χ3n) is 4.47. The molecule has 1 N–H and O–H groups in total. The summed E-state index contributed by atoms with van der Waals surface area (Å²) in [5.41, 5.74) is 1.65. The van der Waals surface area contributed by atoms with Crippen molar-refractivity contribution in [1.82, 2.24) is 20.2 Å². The first-order valence-corrected chi connectivity index (χ1v) is 7.08. The van der Waals surface area contributed by atoms with Crippen LogP contribution in [0.4, 0.5) is 5.95 Å². The van der Waals surface area contributed by atoms with Crippen molar-refractivity contribution in [3.63, 3.8) is 0 Å². The molecule has 20 heavy (non-hydrogen) atoms. The number of anilines is 1. The summed E-state index contributed by atoms with van der Waals surface area (Å²) in [5.74, 6) is 0.958. The van der Waals surface area contributed by atoms with Gasteiger partial charge in [0, 0.05) is 24.5 Å². The molecule has 2 fully saturated rings. The van der Waals surface area contributed by atoms with Crippen LogP contribution in [0.5, 0.6) is 0 Å². The van der Waals surface area contributed by atoms with Crippen LogP contribution >= 0.6 is 0 Å². The van der Waals surface area contributed by atoms with Crippen molar-refractivity contribution in [2.45, 2.75) is 32.2 Å². The molecule has 0 saturated carbocycles. The molecule has 2 saturated heterocycles. The highest BCUT2D eigenvalue weighted by molar-refractivity contribution is 5.88. The number of aryl methyl sites for hydroxylation is 2. The predicted octanol–water partition coefficient (Wildman–Crippen LogP) is 0.452. The Morgan fingerprint density at radius 3 is 2.30 bits per heavy atom. The van der Waals surface area contributed by atoms with E-state index in [9.17, 15) is 4.79 Å². The van der Waals surface area contributed by atoms with E-state index in [-0.39, 0.29) is 11.4 Å². The van der Waals surface area contributed by atoms with Crippen molar-refractivity contribution in [1.29, 1.82) is 0 Å². The maximum absolute atomic E-state index is 12.1. The van der Waals surface area contributed by atoms with Crippen LogP contribution in [0.25, 0.3) is 0 Å². The van der Waals surface area contributed by atoms with Gasteiger partial charge in [-0.2, -0.15) is 0 Å². The van der Waals surface area contributed by atoms with E-state index in [4.69, 9.17) is 0 Å². The molecule has 1 amide bonds. The quantitative estimate of drug-likeness (QED) is 0.806. The summed E-state index contributed by atoms with van der Waals surface area (Å²) < 4.78 is 0. The molecule has 3 heterocycles. The van der Waals surface area contributed by atoms with Gasteiger partial charge in [-0.25, -0.2) is 9.97 Å². The smallest absolute Gasteiger partial charge is 0.241 e. The average molecular weight is 275 g/mol. The maximum Gasteiger partial charge on any atom is 0.241 e. The molecule has 0 bridgehead atoms. The van der Waals surface area contributed by atoms with Gasteiger partial charge in [0.05, 0.1) is 6.67 Å². The summed E-state index contributed by atoms with van der Waals surface area (Å²) >= 11 is 0. The molecule has 1 aromatic rings. The fraction of sp³-hybridized carbons (Fsp3) is 0.643. The molecule has 2 aliphatic rings. The lowest BCUT2D eigenvalue weighted by Gasteiger charge is -2.41. The van der Waals surface area contributed by atoms with Crippen LogP contribution in [-0.4, -0.2) is 53.1 Å². The highest BCUT2D eigenvalue weighted by Crippen LogP contribution is 2.32. The monoisotopic (exact) mass is 275 g/mol. The number of hydrogen-bond acceptors (Lipinski definition) is 5. The van der Waals surface area contributed by atoms with Crippen LogP contribution in [0.3, 0.4) is 0 Å². The van der Waals surface area contributed by atoms with Crippen molar-refractivity contribution in [3.05, 3.63) is 17.5 Å². The van der Waals surface area contributed by atoms with Crippen molar-refractivity contribution in [2.24, 2.45) is 0 Å². The van der Waals surface area contributed by atoms with Crippen molar-refractivity contribution < 1.29 is 4.79 Å². The van der Waals surface area contributed by atoms with Crippen LogP contribution < -0.4 is 10.2 Å². The summed E-state index contributed by atoms with van der Waals surface area (Å²) in [6.07, 6.45) is 1.65. The zero-order valence-corrected chi connectivity index (χ0v) is 12.3. The number of aromatic nitrogens is 2. The molecule has 0 aliphatic carbocycles. The van der Waals surface area contributed by atoms with Crippen LogP contribution in [0, 0.1) is 13.8 Å². The fourth-order valence-electron chi connectivity index (χ4n) is 3.21. The Labute approximate surface area is 119 Å². The zero-order chi connectivity index (χ0) is 14.3. The predicted molar refractivity (Wildman–Crippen MR) is 76.5 cm³/mol. The van der Waals surface area contributed by atoms with Gasteiger partial charge in [0.2, 0.25) is 11.9 Å². The Kier molecular flexibility index (Phi) is 3.12. The first-order valence-electron chi connectivity index (χ1n) is 7.08. The largest absolute Gasteiger partial charge is 0.342 e. The molecule has 1 aromatic heterocycles. The van der Waals surface area contributed by atoms with Crippen LogP contribution in [0.2, 0.25) is 0 Å². The van der Waals surface area contributed by atoms with E-state index in [0.717, 1.165) is 43.3 Å². The Balaban J connectivity index is 1.77. The van der Waals surface area contributed by atoms with E-state index in [0.29, 0.717) is 6.67 Å². The number of rotatable bonds is 1. The molecule has 1 spiro atoms. The van der Waals surface area contributed by atoms with Crippen LogP contribution in [-0.2, 0) is 4.79 Å². The second-order valence-corrected chi connectivity index (χ2v) is 5.83. The first kappa shape index (κ1) is 13.3. The molecular weight excluding hydrogens is 254 g/mol. The lowest BCUT2D eigenvalue weighted by molar-refractivity contribution is -0.127. The van der Waals surface area contributed by atoms with Crippen LogP contribution in [0.1, 0.15) is 24.2 Å².